The molecule has 2 aliphatic rings. The number of carbonyl (C=O) groups is 1. The van der Waals surface area contributed by atoms with Gasteiger partial charge in [0.1, 0.15) is 5.82 Å². The SMILES string of the molecule is CC(C)c1cncc2nc(-c3ccncc3)nc(N3CCC4(CCNC4)CC3)c12.O=CO. The second-order valence-corrected chi connectivity index (χ2v) is 8.90. The average molecular weight is 435 g/mol. The number of aromatic nitrogens is 4. The van der Waals surface area contributed by atoms with Crippen molar-refractivity contribution < 1.29 is 9.90 Å². The van der Waals surface area contributed by atoms with E-state index < -0.39 is 0 Å². The second-order valence-electron chi connectivity index (χ2n) is 8.90. The van der Waals surface area contributed by atoms with Gasteiger partial charge in [0.15, 0.2) is 5.82 Å². The predicted molar refractivity (Wildman–Crippen MR) is 125 cm³/mol. The third-order valence-electron chi connectivity index (χ3n) is 6.63. The molecule has 8 heteroatoms. The molecular formula is C24H30N6O2. The minimum atomic E-state index is -0.250. The van der Waals surface area contributed by atoms with Crippen LogP contribution in [0.2, 0.25) is 0 Å². The Hall–Kier alpha value is -3.13. The number of piperidine rings is 1. The van der Waals surface area contributed by atoms with E-state index in [9.17, 15) is 0 Å². The van der Waals surface area contributed by atoms with E-state index >= 15 is 0 Å². The first-order valence-corrected chi connectivity index (χ1v) is 11.2. The first-order valence-electron chi connectivity index (χ1n) is 11.2. The van der Waals surface area contributed by atoms with Crippen molar-refractivity contribution in [3.8, 4) is 11.4 Å². The van der Waals surface area contributed by atoms with E-state index in [0.29, 0.717) is 11.3 Å². The molecule has 5 heterocycles. The summed E-state index contributed by atoms with van der Waals surface area (Å²) in [7, 11) is 0. The quantitative estimate of drug-likeness (QED) is 0.604. The highest BCUT2D eigenvalue weighted by Crippen LogP contribution is 2.40. The lowest BCUT2D eigenvalue weighted by molar-refractivity contribution is -0.122. The maximum Gasteiger partial charge on any atom is 0.290 e. The van der Waals surface area contributed by atoms with Gasteiger partial charge in [-0.3, -0.25) is 14.8 Å². The molecular weight excluding hydrogens is 404 g/mol. The maximum atomic E-state index is 8.36. The number of pyridine rings is 2. The molecule has 2 fully saturated rings. The number of rotatable bonds is 3. The van der Waals surface area contributed by atoms with Crippen LogP contribution in [-0.2, 0) is 4.79 Å². The number of hydrogen-bond acceptors (Lipinski definition) is 7. The predicted octanol–water partition coefficient (Wildman–Crippen LogP) is 3.49. The molecule has 168 valence electrons. The van der Waals surface area contributed by atoms with Gasteiger partial charge in [-0.15, -0.1) is 0 Å². The van der Waals surface area contributed by atoms with Gasteiger partial charge in [-0.1, -0.05) is 13.8 Å². The van der Waals surface area contributed by atoms with Crippen molar-refractivity contribution in [3.05, 3.63) is 42.5 Å². The molecule has 2 aliphatic heterocycles. The van der Waals surface area contributed by atoms with Gasteiger partial charge in [-0.05, 0) is 54.8 Å². The molecule has 3 aromatic heterocycles. The van der Waals surface area contributed by atoms with Gasteiger partial charge in [0.25, 0.3) is 6.47 Å². The monoisotopic (exact) mass is 434 g/mol. The van der Waals surface area contributed by atoms with Crippen LogP contribution in [0.15, 0.2) is 36.9 Å². The molecule has 2 saturated heterocycles. The number of nitrogens with zero attached hydrogens (tertiary/aromatic N) is 5. The second kappa shape index (κ2) is 9.56. The Morgan fingerprint density at radius 2 is 1.81 bits per heavy atom. The molecule has 32 heavy (non-hydrogen) atoms. The van der Waals surface area contributed by atoms with E-state index in [0.717, 1.165) is 54.3 Å². The smallest absolute Gasteiger partial charge is 0.290 e. The average Bonchev–Trinajstić information content (AvgIpc) is 3.27. The van der Waals surface area contributed by atoms with E-state index in [1.54, 1.807) is 12.4 Å². The molecule has 0 saturated carbocycles. The summed E-state index contributed by atoms with van der Waals surface area (Å²) < 4.78 is 0. The standard InChI is InChI=1S/C23H28N6.CH2O2/c1-16(2)18-13-26-14-19-20(18)22(28-21(27-19)17-3-8-24-9-4-17)29-11-6-23(7-12-29)5-10-25-15-23;2-1-3/h3-4,8-9,13-14,16,25H,5-7,10-12,15H2,1-2H3;1H,(H,2,3). The Morgan fingerprint density at radius 3 is 2.44 bits per heavy atom. The molecule has 0 bridgehead atoms. The lowest BCUT2D eigenvalue weighted by Gasteiger charge is -2.40. The first-order chi connectivity index (χ1) is 15.6. The van der Waals surface area contributed by atoms with Crippen molar-refractivity contribution in [2.45, 2.75) is 39.0 Å². The minimum Gasteiger partial charge on any atom is -0.483 e. The summed E-state index contributed by atoms with van der Waals surface area (Å²) in [6, 6.07) is 3.94. The molecule has 0 amide bonds. The zero-order valence-electron chi connectivity index (χ0n) is 18.7. The van der Waals surface area contributed by atoms with Crippen molar-refractivity contribution >= 4 is 23.2 Å². The summed E-state index contributed by atoms with van der Waals surface area (Å²) >= 11 is 0. The normalized spacial score (nSPS) is 17.4. The molecule has 0 atom stereocenters. The molecule has 8 nitrogen and oxygen atoms in total. The van der Waals surface area contributed by atoms with Crippen molar-refractivity contribution in [1.82, 2.24) is 25.3 Å². The van der Waals surface area contributed by atoms with E-state index in [1.165, 1.54) is 24.8 Å². The van der Waals surface area contributed by atoms with Crippen LogP contribution in [-0.4, -0.2) is 57.7 Å². The summed E-state index contributed by atoms with van der Waals surface area (Å²) in [5.41, 5.74) is 3.62. The summed E-state index contributed by atoms with van der Waals surface area (Å²) in [5.74, 6) is 2.18. The van der Waals surface area contributed by atoms with Crippen molar-refractivity contribution in [3.63, 3.8) is 0 Å². The van der Waals surface area contributed by atoms with Crippen LogP contribution in [0.3, 0.4) is 0 Å². The summed E-state index contributed by atoms with van der Waals surface area (Å²) in [4.78, 5) is 29.4. The number of nitrogens with one attached hydrogen (secondary N) is 1. The Bertz CT molecular complexity index is 1060. The molecule has 3 aromatic rings. The topological polar surface area (TPSA) is 104 Å². The molecule has 5 rings (SSSR count). The Morgan fingerprint density at radius 1 is 1.09 bits per heavy atom. The van der Waals surface area contributed by atoms with E-state index in [1.807, 2.05) is 24.5 Å². The van der Waals surface area contributed by atoms with E-state index in [-0.39, 0.29) is 6.47 Å². The van der Waals surface area contributed by atoms with Crippen molar-refractivity contribution in [1.29, 1.82) is 0 Å². The van der Waals surface area contributed by atoms with Gasteiger partial charge in [-0.25, -0.2) is 9.97 Å². The van der Waals surface area contributed by atoms with Crippen LogP contribution >= 0.6 is 0 Å². The van der Waals surface area contributed by atoms with Crippen LogP contribution in [0, 0.1) is 5.41 Å². The fourth-order valence-corrected chi connectivity index (χ4v) is 4.80. The highest BCUT2D eigenvalue weighted by atomic mass is 16.3. The van der Waals surface area contributed by atoms with Crippen LogP contribution in [0.5, 0.6) is 0 Å². The Kier molecular flexibility index (Phi) is 6.60. The third kappa shape index (κ3) is 4.41. The van der Waals surface area contributed by atoms with Crippen molar-refractivity contribution in [2.24, 2.45) is 5.41 Å². The number of carboxylic acid groups (broad SMARTS) is 1. The molecule has 0 aliphatic carbocycles. The summed E-state index contributed by atoms with van der Waals surface area (Å²) in [6.45, 7) is 8.59. The van der Waals surface area contributed by atoms with Crippen LogP contribution in [0.1, 0.15) is 44.6 Å². The van der Waals surface area contributed by atoms with Gasteiger partial charge in [-0.2, -0.15) is 0 Å². The molecule has 1 spiro atoms. The molecule has 0 aromatic carbocycles. The van der Waals surface area contributed by atoms with Gasteiger partial charge in [0.2, 0.25) is 0 Å². The van der Waals surface area contributed by atoms with E-state index in [2.05, 4.69) is 34.0 Å². The summed E-state index contributed by atoms with van der Waals surface area (Å²) in [6.07, 6.45) is 11.2. The fourth-order valence-electron chi connectivity index (χ4n) is 4.80. The zero-order chi connectivity index (χ0) is 22.6. The van der Waals surface area contributed by atoms with Gasteiger partial charge >= 0.3 is 0 Å². The highest BCUT2D eigenvalue weighted by Gasteiger charge is 2.37. The van der Waals surface area contributed by atoms with Gasteiger partial charge < -0.3 is 15.3 Å². The maximum absolute atomic E-state index is 8.36. The highest BCUT2D eigenvalue weighted by molar-refractivity contribution is 5.93. The Labute approximate surface area is 188 Å². The number of fused-ring (bicyclic) bond motifs is 1. The zero-order valence-corrected chi connectivity index (χ0v) is 18.7. The summed E-state index contributed by atoms with van der Waals surface area (Å²) in [5, 5.41) is 11.6. The molecule has 2 N–H and O–H groups in total. The van der Waals surface area contributed by atoms with Crippen LogP contribution in [0.25, 0.3) is 22.3 Å². The first kappa shape index (κ1) is 22.1. The van der Waals surface area contributed by atoms with Crippen LogP contribution < -0.4 is 10.2 Å². The van der Waals surface area contributed by atoms with Gasteiger partial charge in [0.05, 0.1) is 11.7 Å². The number of anilines is 1. The van der Waals surface area contributed by atoms with Gasteiger partial charge in [0, 0.05) is 49.2 Å². The van der Waals surface area contributed by atoms with Crippen molar-refractivity contribution in [2.75, 3.05) is 31.1 Å². The third-order valence-corrected chi connectivity index (χ3v) is 6.63. The lowest BCUT2D eigenvalue weighted by atomic mass is 9.78. The molecule has 0 radical (unpaired) electrons. The minimum absolute atomic E-state index is 0.250. The lowest BCUT2D eigenvalue weighted by Crippen LogP contribution is -2.41. The largest absolute Gasteiger partial charge is 0.483 e. The Balaban J connectivity index is 0.000000775. The van der Waals surface area contributed by atoms with Crippen LogP contribution in [0.4, 0.5) is 5.82 Å². The molecule has 0 unspecified atom stereocenters. The van der Waals surface area contributed by atoms with E-state index in [4.69, 9.17) is 19.9 Å². The number of hydrogen-bond donors (Lipinski definition) is 2. The fraction of sp³-hybridized carbons (Fsp3) is 0.458.